The van der Waals surface area contributed by atoms with Crippen LogP contribution in [0.15, 0.2) is 42.5 Å². The molecule has 6 nitrogen and oxygen atoms in total. The van der Waals surface area contributed by atoms with Crippen molar-refractivity contribution in [1.82, 2.24) is 0 Å². The van der Waals surface area contributed by atoms with Crippen molar-refractivity contribution in [3.8, 4) is 5.75 Å². The molecule has 0 saturated heterocycles. The summed E-state index contributed by atoms with van der Waals surface area (Å²) in [6.45, 7) is 1.93. The van der Waals surface area contributed by atoms with E-state index in [1.807, 2.05) is 0 Å². The van der Waals surface area contributed by atoms with Gasteiger partial charge < -0.3 is 19.9 Å². The van der Waals surface area contributed by atoms with Crippen molar-refractivity contribution in [3.63, 3.8) is 0 Å². The number of aromatic carboxylic acids is 1. The number of hydrogen-bond acceptors (Lipinski definition) is 4. The number of carbonyl (C=O) groups is 2. The van der Waals surface area contributed by atoms with E-state index >= 15 is 0 Å². The van der Waals surface area contributed by atoms with Crippen LogP contribution in [0.1, 0.15) is 29.3 Å². The number of carbonyl (C=O) groups excluding carboxylic acids is 1. The zero-order chi connectivity index (χ0) is 19.1. The van der Waals surface area contributed by atoms with E-state index in [-0.39, 0.29) is 17.9 Å². The first-order chi connectivity index (χ1) is 12.4. The molecule has 1 unspecified atom stereocenters. The molecule has 138 valence electrons. The lowest BCUT2D eigenvalue weighted by atomic mass is 10.1. The molecule has 1 amide bonds. The van der Waals surface area contributed by atoms with Crippen molar-refractivity contribution in [1.29, 1.82) is 0 Å². The van der Waals surface area contributed by atoms with Gasteiger partial charge >= 0.3 is 5.97 Å². The van der Waals surface area contributed by atoms with Gasteiger partial charge in [-0.25, -0.2) is 9.18 Å². The van der Waals surface area contributed by atoms with Crippen LogP contribution >= 0.6 is 0 Å². The van der Waals surface area contributed by atoms with Gasteiger partial charge in [0.15, 0.2) is 17.7 Å². The van der Waals surface area contributed by atoms with E-state index in [1.165, 1.54) is 37.4 Å². The summed E-state index contributed by atoms with van der Waals surface area (Å²) in [5.74, 6) is -2.20. The molecule has 0 aliphatic heterocycles. The maximum Gasteiger partial charge on any atom is 0.335 e. The Bertz CT molecular complexity index is 793. The average molecular weight is 361 g/mol. The van der Waals surface area contributed by atoms with Crippen LogP contribution in [0.25, 0.3) is 0 Å². The minimum absolute atomic E-state index is 0.0196. The summed E-state index contributed by atoms with van der Waals surface area (Å²) < 4.78 is 24.2. The van der Waals surface area contributed by atoms with Gasteiger partial charge in [-0.3, -0.25) is 4.79 Å². The van der Waals surface area contributed by atoms with E-state index in [2.05, 4.69) is 5.32 Å². The molecule has 0 heterocycles. The number of anilines is 1. The molecule has 2 aromatic rings. The zero-order valence-corrected chi connectivity index (χ0v) is 14.5. The van der Waals surface area contributed by atoms with Crippen molar-refractivity contribution in [2.45, 2.75) is 26.1 Å². The minimum Gasteiger partial charge on any atom is -0.478 e. The maximum absolute atomic E-state index is 13.7. The second-order valence-electron chi connectivity index (χ2n) is 5.59. The third-order valence-corrected chi connectivity index (χ3v) is 3.59. The molecule has 2 rings (SSSR count). The molecular weight excluding hydrogens is 341 g/mol. The number of para-hydroxylation sites is 1. The second kappa shape index (κ2) is 8.96. The molecule has 0 aliphatic carbocycles. The van der Waals surface area contributed by atoms with Gasteiger partial charge in [-0.1, -0.05) is 19.1 Å². The largest absolute Gasteiger partial charge is 0.478 e. The van der Waals surface area contributed by atoms with Crippen LogP contribution < -0.4 is 10.1 Å². The first-order valence-corrected chi connectivity index (χ1v) is 8.02. The Morgan fingerprint density at radius 2 is 1.96 bits per heavy atom. The Labute approximate surface area is 150 Å². The molecule has 0 aliphatic rings. The Balaban J connectivity index is 2.18. The standard InChI is InChI=1S/C19H20FNO5/c1-3-16(26-17-7-5-4-6-15(17)20)18(22)21-14-9-12(11-25-2)8-13(10-14)19(23)24/h4-10,16H,3,11H2,1-2H3,(H,21,22)(H,23,24). The van der Waals surface area contributed by atoms with Crippen molar-refractivity contribution >= 4 is 17.6 Å². The molecule has 1 atom stereocenters. The number of methoxy groups -OCH3 is 1. The summed E-state index contributed by atoms with van der Waals surface area (Å²) in [7, 11) is 1.49. The summed E-state index contributed by atoms with van der Waals surface area (Å²) >= 11 is 0. The van der Waals surface area contributed by atoms with Crippen LogP contribution in [0.4, 0.5) is 10.1 Å². The van der Waals surface area contributed by atoms with Crippen LogP contribution in [0.3, 0.4) is 0 Å². The summed E-state index contributed by atoms with van der Waals surface area (Å²) in [5.41, 5.74) is 0.932. The summed E-state index contributed by atoms with van der Waals surface area (Å²) in [4.78, 5) is 23.7. The fraction of sp³-hybridized carbons (Fsp3) is 0.263. The number of benzene rings is 2. The minimum atomic E-state index is -1.12. The molecule has 0 saturated carbocycles. The molecule has 0 fully saturated rings. The highest BCUT2D eigenvalue weighted by Gasteiger charge is 2.20. The normalized spacial score (nSPS) is 11.7. The van der Waals surface area contributed by atoms with Crippen LogP contribution in [0, 0.1) is 5.82 Å². The predicted octanol–water partition coefficient (Wildman–Crippen LogP) is 3.47. The van der Waals surface area contributed by atoms with Gasteiger partial charge in [0.25, 0.3) is 5.91 Å². The fourth-order valence-corrected chi connectivity index (χ4v) is 2.38. The van der Waals surface area contributed by atoms with Crippen LogP contribution in [0.2, 0.25) is 0 Å². The predicted molar refractivity (Wildman–Crippen MR) is 93.9 cm³/mol. The zero-order valence-electron chi connectivity index (χ0n) is 14.5. The molecule has 0 aromatic heterocycles. The molecule has 7 heteroatoms. The Morgan fingerprint density at radius 3 is 2.58 bits per heavy atom. The SMILES string of the molecule is CCC(Oc1ccccc1F)C(=O)Nc1cc(COC)cc(C(=O)O)c1. The monoisotopic (exact) mass is 361 g/mol. The van der Waals surface area contributed by atoms with E-state index in [0.29, 0.717) is 17.7 Å². The number of amides is 1. The number of hydrogen-bond donors (Lipinski definition) is 2. The number of carboxylic acid groups (broad SMARTS) is 1. The number of rotatable bonds is 8. The van der Waals surface area contributed by atoms with Crippen molar-refractivity contribution in [3.05, 3.63) is 59.4 Å². The lowest BCUT2D eigenvalue weighted by molar-refractivity contribution is -0.122. The van der Waals surface area contributed by atoms with Gasteiger partial charge in [-0.2, -0.15) is 0 Å². The molecule has 0 radical (unpaired) electrons. The van der Waals surface area contributed by atoms with E-state index in [4.69, 9.17) is 9.47 Å². The van der Waals surface area contributed by atoms with Crippen LogP contribution in [-0.4, -0.2) is 30.2 Å². The lowest BCUT2D eigenvalue weighted by Gasteiger charge is -2.18. The molecule has 2 aromatic carbocycles. The van der Waals surface area contributed by atoms with E-state index < -0.39 is 23.8 Å². The molecule has 0 bridgehead atoms. The number of ether oxygens (including phenoxy) is 2. The second-order valence-corrected chi connectivity index (χ2v) is 5.59. The Hall–Kier alpha value is -2.93. The van der Waals surface area contributed by atoms with Gasteiger partial charge in [0.05, 0.1) is 12.2 Å². The Morgan fingerprint density at radius 1 is 1.23 bits per heavy atom. The summed E-state index contributed by atoms with van der Waals surface area (Å²) in [5, 5.41) is 11.8. The first kappa shape index (κ1) is 19.4. The van der Waals surface area contributed by atoms with E-state index in [9.17, 15) is 19.1 Å². The highest BCUT2D eigenvalue weighted by Crippen LogP contribution is 2.20. The fourth-order valence-electron chi connectivity index (χ4n) is 2.38. The number of nitrogens with one attached hydrogen (secondary N) is 1. The molecule has 26 heavy (non-hydrogen) atoms. The van der Waals surface area contributed by atoms with Gasteiger partial charge in [0.2, 0.25) is 0 Å². The van der Waals surface area contributed by atoms with Crippen molar-refractivity contribution in [2.24, 2.45) is 0 Å². The van der Waals surface area contributed by atoms with E-state index in [1.54, 1.807) is 19.1 Å². The number of carboxylic acids is 1. The highest BCUT2D eigenvalue weighted by molar-refractivity contribution is 5.96. The quantitative estimate of drug-likeness (QED) is 0.752. The van der Waals surface area contributed by atoms with Gasteiger partial charge in [0, 0.05) is 12.8 Å². The van der Waals surface area contributed by atoms with Crippen LogP contribution in [-0.2, 0) is 16.1 Å². The smallest absolute Gasteiger partial charge is 0.335 e. The summed E-state index contributed by atoms with van der Waals surface area (Å²) in [6, 6.07) is 10.2. The van der Waals surface area contributed by atoms with E-state index in [0.717, 1.165) is 0 Å². The van der Waals surface area contributed by atoms with Crippen molar-refractivity contribution < 1.29 is 28.6 Å². The maximum atomic E-state index is 13.7. The van der Waals surface area contributed by atoms with Gasteiger partial charge in [-0.15, -0.1) is 0 Å². The summed E-state index contributed by atoms with van der Waals surface area (Å²) in [6.07, 6.45) is -0.616. The third kappa shape index (κ3) is 5.03. The molecule has 0 spiro atoms. The first-order valence-electron chi connectivity index (χ1n) is 8.02. The van der Waals surface area contributed by atoms with Crippen molar-refractivity contribution in [2.75, 3.05) is 12.4 Å². The average Bonchev–Trinajstić information content (AvgIpc) is 2.61. The third-order valence-electron chi connectivity index (χ3n) is 3.59. The van der Waals surface area contributed by atoms with Crippen LogP contribution in [0.5, 0.6) is 5.75 Å². The van der Waals surface area contributed by atoms with Gasteiger partial charge in [-0.05, 0) is 42.3 Å². The molecule has 2 N–H and O–H groups in total. The number of halogens is 1. The molecular formula is C19H20FNO5. The topological polar surface area (TPSA) is 84.9 Å². The Kier molecular flexibility index (Phi) is 6.68. The van der Waals surface area contributed by atoms with Gasteiger partial charge in [0.1, 0.15) is 0 Å². The lowest BCUT2D eigenvalue weighted by Crippen LogP contribution is -2.32. The highest BCUT2D eigenvalue weighted by atomic mass is 19.1.